The Hall–Kier alpha value is -0.970. The second-order valence-electron chi connectivity index (χ2n) is 5.06. The average Bonchev–Trinajstić information content (AvgIpc) is 2.24. The van der Waals surface area contributed by atoms with E-state index in [-0.39, 0.29) is 12.1 Å². The zero-order valence-electron chi connectivity index (χ0n) is 10.5. The van der Waals surface area contributed by atoms with E-state index in [1.807, 2.05) is 20.8 Å². The minimum absolute atomic E-state index is 0.0997. The molecule has 5 nitrogen and oxygen atoms in total. The van der Waals surface area contributed by atoms with Crippen molar-refractivity contribution >= 4 is 24.2 Å². The maximum atomic E-state index is 12.0. The number of halogens is 1. The van der Waals surface area contributed by atoms with Crippen LogP contribution in [0.15, 0.2) is 5.16 Å². The number of piperidine rings is 1. The maximum Gasteiger partial charge on any atom is 0.410 e. The second-order valence-corrected chi connectivity index (χ2v) is 5.20. The van der Waals surface area contributed by atoms with Crippen LogP contribution in [0.5, 0.6) is 0 Å². The van der Waals surface area contributed by atoms with Crippen LogP contribution in [0.2, 0.25) is 0 Å². The standard InChI is InChI=1S/C11H19ClN2O3/c1-11(2,3)16-10(15)14-7-5-4-6-9(14)8-13-17-12/h8-9H,4-7H2,1-3H3. The van der Waals surface area contributed by atoms with Crippen molar-refractivity contribution in [1.82, 2.24) is 4.90 Å². The van der Waals surface area contributed by atoms with Crippen molar-refractivity contribution in [3.05, 3.63) is 0 Å². The van der Waals surface area contributed by atoms with Crippen LogP contribution in [0.3, 0.4) is 0 Å². The monoisotopic (exact) mass is 262 g/mol. The Morgan fingerprint density at radius 1 is 1.47 bits per heavy atom. The summed E-state index contributed by atoms with van der Waals surface area (Å²) in [5, 5.41) is 3.52. The summed E-state index contributed by atoms with van der Waals surface area (Å²) in [5.41, 5.74) is -0.487. The Morgan fingerprint density at radius 2 is 2.18 bits per heavy atom. The van der Waals surface area contributed by atoms with E-state index in [0.29, 0.717) is 6.54 Å². The van der Waals surface area contributed by atoms with Crippen LogP contribution in [-0.2, 0) is 9.13 Å². The molecule has 1 amide bonds. The third-order valence-electron chi connectivity index (χ3n) is 2.45. The molecule has 0 radical (unpaired) electrons. The lowest BCUT2D eigenvalue weighted by atomic mass is 10.0. The Morgan fingerprint density at radius 3 is 2.76 bits per heavy atom. The number of oxime groups is 1. The molecule has 0 aromatic rings. The molecule has 17 heavy (non-hydrogen) atoms. The van der Waals surface area contributed by atoms with Crippen molar-refractivity contribution in [2.75, 3.05) is 6.54 Å². The van der Waals surface area contributed by atoms with Gasteiger partial charge in [0.25, 0.3) is 0 Å². The number of carbonyl (C=O) groups excluding carboxylic acids is 1. The first kappa shape index (κ1) is 14.1. The zero-order chi connectivity index (χ0) is 12.9. The van der Waals surface area contributed by atoms with Gasteiger partial charge in [0.15, 0.2) is 11.9 Å². The van der Waals surface area contributed by atoms with Gasteiger partial charge < -0.3 is 9.64 Å². The Labute approximate surface area is 107 Å². The molecule has 1 aliphatic rings. The Kier molecular flexibility index (Phi) is 5.05. The van der Waals surface area contributed by atoms with E-state index in [0.717, 1.165) is 19.3 Å². The normalized spacial score (nSPS) is 21.6. The van der Waals surface area contributed by atoms with Crippen LogP contribution in [0.1, 0.15) is 40.0 Å². The molecule has 0 aromatic carbocycles. The summed E-state index contributed by atoms with van der Waals surface area (Å²) in [5.74, 6) is 0. The van der Waals surface area contributed by atoms with Gasteiger partial charge in [-0.3, -0.25) is 4.39 Å². The summed E-state index contributed by atoms with van der Waals surface area (Å²) in [6, 6.07) is -0.0997. The average molecular weight is 263 g/mol. The molecule has 1 unspecified atom stereocenters. The first-order chi connectivity index (χ1) is 7.94. The second kappa shape index (κ2) is 6.10. The molecule has 0 aliphatic carbocycles. The van der Waals surface area contributed by atoms with E-state index < -0.39 is 5.60 Å². The number of hydrogen-bond acceptors (Lipinski definition) is 4. The van der Waals surface area contributed by atoms with Gasteiger partial charge in [0.2, 0.25) is 0 Å². The summed E-state index contributed by atoms with van der Waals surface area (Å²) in [6.07, 6.45) is 4.10. The van der Waals surface area contributed by atoms with E-state index in [2.05, 4.69) is 9.55 Å². The van der Waals surface area contributed by atoms with Crippen molar-refractivity contribution in [1.29, 1.82) is 0 Å². The van der Waals surface area contributed by atoms with E-state index in [1.165, 1.54) is 6.21 Å². The highest BCUT2D eigenvalue weighted by Gasteiger charge is 2.29. The summed E-state index contributed by atoms with van der Waals surface area (Å²) in [6.45, 7) is 6.22. The molecular weight excluding hydrogens is 244 g/mol. The van der Waals surface area contributed by atoms with Crippen LogP contribution in [-0.4, -0.2) is 35.4 Å². The number of carbonyl (C=O) groups is 1. The molecule has 1 aliphatic heterocycles. The van der Waals surface area contributed by atoms with Gasteiger partial charge in [-0.15, -0.1) is 0 Å². The van der Waals surface area contributed by atoms with Crippen molar-refractivity contribution in [2.45, 2.75) is 51.7 Å². The predicted molar refractivity (Wildman–Crippen MR) is 66.0 cm³/mol. The summed E-state index contributed by atoms with van der Waals surface area (Å²) < 4.78 is 9.48. The van der Waals surface area contributed by atoms with E-state index in [9.17, 15) is 4.79 Å². The molecule has 1 saturated heterocycles. The molecule has 6 heteroatoms. The molecule has 1 fully saturated rings. The number of likely N-dealkylation sites (tertiary alicyclic amines) is 1. The molecule has 0 bridgehead atoms. The lowest BCUT2D eigenvalue weighted by Gasteiger charge is -2.34. The first-order valence-electron chi connectivity index (χ1n) is 5.75. The molecule has 0 aromatic heterocycles. The molecule has 98 valence electrons. The minimum Gasteiger partial charge on any atom is -0.444 e. The minimum atomic E-state index is -0.487. The molecule has 0 spiro atoms. The van der Waals surface area contributed by atoms with Gasteiger partial charge in [0.05, 0.1) is 12.3 Å². The number of amides is 1. The van der Waals surface area contributed by atoms with Crippen LogP contribution >= 0.6 is 11.9 Å². The van der Waals surface area contributed by atoms with Gasteiger partial charge in [-0.25, -0.2) is 4.79 Å². The summed E-state index contributed by atoms with van der Waals surface area (Å²) in [4.78, 5) is 13.6. The topological polar surface area (TPSA) is 51.1 Å². The van der Waals surface area contributed by atoms with Gasteiger partial charge in [0, 0.05) is 6.54 Å². The zero-order valence-corrected chi connectivity index (χ0v) is 11.2. The SMILES string of the molecule is CC(C)(C)OC(=O)N1CCCCC1C=NOCl. The molecule has 0 saturated carbocycles. The van der Waals surface area contributed by atoms with Gasteiger partial charge in [-0.05, 0) is 40.0 Å². The smallest absolute Gasteiger partial charge is 0.410 e. The molecule has 1 rings (SSSR count). The van der Waals surface area contributed by atoms with Crippen molar-refractivity contribution in [2.24, 2.45) is 5.16 Å². The van der Waals surface area contributed by atoms with Gasteiger partial charge >= 0.3 is 6.09 Å². The van der Waals surface area contributed by atoms with E-state index >= 15 is 0 Å². The molecule has 1 heterocycles. The number of hydrogen-bond donors (Lipinski definition) is 0. The van der Waals surface area contributed by atoms with Crippen LogP contribution < -0.4 is 0 Å². The molecule has 0 N–H and O–H groups in total. The molecular formula is C11H19ClN2O3. The fraction of sp³-hybridized carbons (Fsp3) is 0.818. The highest BCUT2D eigenvalue weighted by Crippen LogP contribution is 2.19. The maximum absolute atomic E-state index is 12.0. The largest absolute Gasteiger partial charge is 0.444 e. The third-order valence-corrected chi connectivity index (χ3v) is 2.53. The molecule has 1 atom stereocenters. The highest BCUT2D eigenvalue weighted by molar-refractivity contribution is 6.07. The predicted octanol–water partition coefficient (Wildman–Crippen LogP) is 2.93. The summed E-state index contributed by atoms with van der Waals surface area (Å²) in [7, 11) is 0. The van der Waals surface area contributed by atoms with Crippen LogP contribution in [0, 0.1) is 0 Å². The van der Waals surface area contributed by atoms with E-state index in [1.54, 1.807) is 4.90 Å². The van der Waals surface area contributed by atoms with Crippen molar-refractivity contribution < 1.29 is 13.9 Å². The summed E-state index contributed by atoms with van der Waals surface area (Å²) >= 11 is 5.02. The number of nitrogens with zero attached hydrogens (tertiary/aromatic N) is 2. The number of rotatable bonds is 2. The first-order valence-corrected chi connectivity index (χ1v) is 6.06. The Bertz CT molecular complexity index is 289. The lowest BCUT2D eigenvalue weighted by molar-refractivity contribution is 0.0170. The van der Waals surface area contributed by atoms with Crippen molar-refractivity contribution in [3.8, 4) is 0 Å². The van der Waals surface area contributed by atoms with Crippen LogP contribution in [0.4, 0.5) is 4.79 Å². The van der Waals surface area contributed by atoms with Gasteiger partial charge in [-0.1, -0.05) is 5.16 Å². The number of ether oxygens (including phenoxy) is 1. The van der Waals surface area contributed by atoms with Crippen LogP contribution in [0.25, 0.3) is 0 Å². The fourth-order valence-electron chi connectivity index (χ4n) is 1.75. The quantitative estimate of drug-likeness (QED) is 0.568. The highest BCUT2D eigenvalue weighted by atomic mass is 35.5. The lowest BCUT2D eigenvalue weighted by Crippen LogP contribution is -2.46. The fourth-order valence-corrected chi connectivity index (χ4v) is 1.80. The Balaban J connectivity index is 2.64. The van der Waals surface area contributed by atoms with Crippen molar-refractivity contribution in [3.63, 3.8) is 0 Å². The third kappa shape index (κ3) is 4.81. The van der Waals surface area contributed by atoms with Gasteiger partial charge in [-0.2, -0.15) is 0 Å². The van der Waals surface area contributed by atoms with Gasteiger partial charge in [0.1, 0.15) is 5.60 Å². The van der Waals surface area contributed by atoms with E-state index in [4.69, 9.17) is 16.6 Å².